The van der Waals surface area contributed by atoms with Crippen LogP contribution in [0.2, 0.25) is 0 Å². The van der Waals surface area contributed by atoms with Gasteiger partial charge in [-0.3, -0.25) is 0 Å². The van der Waals surface area contributed by atoms with Crippen LogP contribution in [0.1, 0.15) is 33.1 Å². The molecule has 2 heteroatoms. The highest BCUT2D eigenvalue weighted by molar-refractivity contribution is 5.20. The molecule has 1 fully saturated rings. The van der Waals surface area contributed by atoms with E-state index in [1.165, 1.54) is 32.5 Å². The molecule has 19 heavy (non-hydrogen) atoms. The van der Waals surface area contributed by atoms with Crippen molar-refractivity contribution < 1.29 is 4.74 Å². The van der Waals surface area contributed by atoms with Crippen molar-refractivity contribution in [3.8, 4) is 5.75 Å². The SMILES string of the molecule is CC1CC(C)CN(CCCCOc2ccccc2)C1. The van der Waals surface area contributed by atoms with Crippen LogP contribution in [-0.2, 0) is 0 Å². The normalized spacial score (nSPS) is 24.3. The molecule has 0 radical (unpaired) electrons. The number of likely N-dealkylation sites (tertiary alicyclic amines) is 1. The molecule has 0 amide bonds. The largest absolute Gasteiger partial charge is 0.494 e. The summed E-state index contributed by atoms with van der Waals surface area (Å²) in [4.78, 5) is 2.63. The lowest BCUT2D eigenvalue weighted by atomic mass is 9.92. The zero-order valence-electron chi connectivity index (χ0n) is 12.3. The summed E-state index contributed by atoms with van der Waals surface area (Å²) in [7, 11) is 0. The lowest BCUT2D eigenvalue weighted by molar-refractivity contribution is 0.136. The van der Waals surface area contributed by atoms with Crippen molar-refractivity contribution in [3.63, 3.8) is 0 Å². The van der Waals surface area contributed by atoms with E-state index in [1.807, 2.05) is 30.3 Å². The summed E-state index contributed by atoms with van der Waals surface area (Å²) >= 11 is 0. The topological polar surface area (TPSA) is 12.5 Å². The zero-order valence-corrected chi connectivity index (χ0v) is 12.3. The molecule has 1 aromatic rings. The minimum atomic E-state index is 0.836. The Morgan fingerprint density at radius 1 is 1.05 bits per heavy atom. The second kappa shape index (κ2) is 7.54. The lowest BCUT2D eigenvalue weighted by Crippen LogP contribution is -2.39. The van der Waals surface area contributed by atoms with E-state index in [0.717, 1.165) is 30.6 Å². The number of para-hydroxylation sites is 1. The molecular weight excluding hydrogens is 234 g/mol. The number of ether oxygens (including phenoxy) is 1. The Bertz CT molecular complexity index is 342. The molecule has 1 saturated heterocycles. The quantitative estimate of drug-likeness (QED) is 0.722. The first-order valence-corrected chi connectivity index (χ1v) is 7.64. The average Bonchev–Trinajstić information content (AvgIpc) is 2.38. The Balaban J connectivity index is 1.57. The molecule has 2 nitrogen and oxygen atoms in total. The van der Waals surface area contributed by atoms with Crippen LogP contribution in [0.4, 0.5) is 0 Å². The van der Waals surface area contributed by atoms with Gasteiger partial charge in [-0.25, -0.2) is 0 Å². The van der Waals surface area contributed by atoms with Crippen molar-refractivity contribution in [2.75, 3.05) is 26.2 Å². The maximum absolute atomic E-state index is 5.72. The molecule has 106 valence electrons. The van der Waals surface area contributed by atoms with Gasteiger partial charge in [0.05, 0.1) is 6.61 Å². The smallest absolute Gasteiger partial charge is 0.119 e. The number of piperidine rings is 1. The van der Waals surface area contributed by atoms with Gasteiger partial charge in [0.1, 0.15) is 5.75 Å². The van der Waals surface area contributed by atoms with Crippen molar-refractivity contribution in [1.82, 2.24) is 4.90 Å². The Labute approximate surface area is 117 Å². The first kappa shape index (κ1) is 14.4. The lowest BCUT2D eigenvalue weighted by Gasteiger charge is -2.34. The number of hydrogen-bond donors (Lipinski definition) is 0. The molecule has 0 N–H and O–H groups in total. The van der Waals surface area contributed by atoms with Crippen molar-refractivity contribution >= 4 is 0 Å². The maximum atomic E-state index is 5.72. The molecule has 0 spiro atoms. The summed E-state index contributed by atoms with van der Waals surface area (Å²) in [6.07, 6.45) is 3.79. The summed E-state index contributed by atoms with van der Waals surface area (Å²) in [6.45, 7) is 9.38. The molecule has 1 aliphatic rings. The molecule has 1 aromatic carbocycles. The number of rotatable bonds is 6. The van der Waals surface area contributed by atoms with Crippen LogP contribution in [0.5, 0.6) is 5.75 Å². The first-order chi connectivity index (χ1) is 9.24. The standard InChI is InChI=1S/C17H27NO/c1-15-12-16(2)14-18(13-15)10-6-7-11-19-17-8-4-3-5-9-17/h3-5,8-9,15-16H,6-7,10-14H2,1-2H3. The summed E-state index contributed by atoms with van der Waals surface area (Å²) in [5, 5.41) is 0. The summed E-state index contributed by atoms with van der Waals surface area (Å²) in [5.41, 5.74) is 0. The van der Waals surface area contributed by atoms with Crippen LogP contribution in [0.3, 0.4) is 0 Å². The van der Waals surface area contributed by atoms with E-state index in [-0.39, 0.29) is 0 Å². The Kier molecular flexibility index (Phi) is 5.71. The van der Waals surface area contributed by atoms with Gasteiger partial charge in [-0.15, -0.1) is 0 Å². The van der Waals surface area contributed by atoms with Crippen LogP contribution in [0, 0.1) is 11.8 Å². The van der Waals surface area contributed by atoms with Gasteiger partial charge in [0.2, 0.25) is 0 Å². The van der Waals surface area contributed by atoms with Gasteiger partial charge in [0.15, 0.2) is 0 Å². The van der Waals surface area contributed by atoms with Crippen molar-refractivity contribution in [1.29, 1.82) is 0 Å². The van der Waals surface area contributed by atoms with Gasteiger partial charge in [-0.2, -0.15) is 0 Å². The van der Waals surface area contributed by atoms with Crippen molar-refractivity contribution in [2.45, 2.75) is 33.1 Å². The Hall–Kier alpha value is -1.02. The van der Waals surface area contributed by atoms with Gasteiger partial charge < -0.3 is 9.64 Å². The maximum Gasteiger partial charge on any atom is 0.119 e. The van der Waals surface area contributed by atoms with Gasteiger partial charge in [0, 0.05) is 13.1 Å². The average molecular weight is 261 g/mol. The number of benzene rings is 1. The minimum absolute atomic E-state index is 0.836. The fourth-order valence-electron chi connectivity index (χ4n) is 3.12. The number of unbranched alkanes of at least 4 members (excludes halogenated alkanes) is 1. The molecule has 2 atom stereocenters. The molecule has 2 unspecified atom stereocenters. The van der Waals surface area contributed by atoms with Crippen LogP contribution in [0.25, 0.3) is 0 Å². The molecule has 1 heterocycles. The predicted molar refractivity (Wildman–Crippen MR) is 80.6 cm³/mol. The molecule has 0 saturated carbocycles. The van der Waals surface area contributed by atoms with E-state index >= 15 is 0 Å². The van der Waals surface area contributed by atoms with E-state index in [0.29, 0.717) is 0 Å². The van der Waals surface area contributed by atoms with Crippen molar-refractivity contribution in [2.24, 2.45) is 11.8 Å². The fourth-order valence-corrected chi connectivity index (χ4v) is 3.12. The van der Waals surface area contributed by atoms with E-state index in [2.05, 4.69) is 18.7 Å². The van der Waals surface area contributed by atoms with Crippen LogP contribution in [0.15, 0.2) is 30.3 Å². The summed E-state index contributed by atoms with van der Waals surface area (Å²) in [6, 6.07) is 10.1. The highest BCUT2D eigenvalue weighted by Gasteiger charge is 2.20. The highest BCUT2D eigenvalue weighted by Crippen LogP contribution is 2.21. The molecule has 1 aliphatic heterocycles. The number of nitrogens with zero attached hydrogens (tertiary/aromatic N) is 1. The third-order valence-corrected chi connectivity index (χ3v) is 3.83. The van der Waals surface area contributed by atoms with E-state index in [9.17, 15) is 0 Å². The molecule has 0 aliphatic carbocycles. The minimum Gasteiger partial charge on any atom is -0.494 e. The predicted octanol–water partition coefficient (Wildman–Crippen LogP) is 3.82. The fraction of sp³-hybridized carbons (Fsp3) is 0.647. The number of hydrogen-bond acceptors (Lipinski definition) is 2. The zero-order chi connectivity index (χ0) is 13.5. The first-order valence-electron chi connectivity index (χ1n) is 7.64. The monoisotopic (exact) mass is 261 g/mol. The van der Waals surface area contributed by atoms with Gasteiger partial charge in [0.25, 0.3) is 0 Å². The molecular formula is C17H27NO. The molecule has 0 bridgehead atoms. The van der Waals surface area contributed by atoms with Crippen LogP contribution < -0.4 is 4.74 Å². The molecule has 0 aromatic heterocycles. The van der Waals surface area contributed by atoms with Crippen molar-refractivity contribution in [3.05, 3.63) is 30.3 Å². The molecule has 2 rings (SSSR count). The van der Waals surface area contributed by atoms with Gasteiger partial charge in [-0.05, 0) is 49.8 Å². The van der Waals surface area contributed by atoms with E-state index in [4.69, 9.17) is 4.74 Å². The summed E-state index contributed by atoms with van der Waals surface area (Å²) in [5.74, 6) is 2.72. The Morgan fingerprint density at radius 2 is 1.74 bits per heavy atom. The van der Waals surface area contributed by atoms with Gasteiger partial charge in [-0.1, -0.05) is 32.0 Å². The van der Waals surface area contributed by atoms with Crippen LogP contribution >= 0.6 is 0 Å². The highest BCUT2D eigenvalue weighted by atomic mass is 16.5. The van der Waals surface area contributed by atoms with E-state index in [1.54, 1.807) is 0 Å². The van der Waals surface area contributed by atoms with Gasteiger partial charge >= 0.3 is 0 Å². The Morgan fingerprint density at radius 3 is 2.42 bits per heavy atom. The van der Waals surface area contributed by atoms with Crippen LogP contribution in [-0.4, -0.2) is 31.1 Å². The third-order valence-electron chi connectivity index (χ3n) is 3.83. The second-order valence-electron chi connectivity index (χ2n) is 6.07. The second-order valence-corrected chi connectivity index (χ2v) is 6.07. The summed E-state index contributed by atoms with van der Waals surface area (Å²) < 4.78 is 5.72. The third kappa shape index (κ3) is 5.23. The van der Waals surface area contributed by atoms with E-state index < -0.39 is 0 Å².